The van der Waals surface area contributed by atoms with E-state index in [0.29, 0.717) is 23.8 Å². The van der Waals surface area contributed by atoms with Crippen molar-refractivity contribution in [3.8, 4) is 0 Å². The summed E-state index contributed by atoms with van der Waals surface area (Å²) < 4.78 is 3.19. The molecule has 17 heavy (non-hydrogen) atoms. The van der Waals surface area contributed by atoms with Gasteiger partial charge in [-0.2, -0.15) is 5.10 Å². The Labute approximate surface area is 102 Å². The second kappa shape index (κ2) is 4.58. The molecule has 0 radical (unpaired) electrons. The fraction of sp³-hybridized carbons (Fsp3) is 0.300. The molecule has 0 unspecified atom stereocenters. The molecule has 0 atom stereocenters. The number of aromatic carboxylic acids is 1. The molecule has 0 aromatic carbocycles. The standard InChI is InChI=1S/C10H11ClN4O2/c1-14-6-12-9(13-14)2-3-15-5-7(11)4-8(15)10(16)17/h4-6H,2-3H2,1H3,(H,16,17). The van der Waals surface area contributed by atoms with E-state index in [1.54, 1.807) is 28.8 Å². The summed E-state index contributed by atoms with van der Waals surface area (Å²) in [6, 6.07) is 1.43. The SMILES string of the molecule is Cn1cnc(CCn2cc(Cl)cc2C(=O)O)n1. The van der Waals surface area contributed by atoms with Gasteiger partial charge in [0.05, 0.1) is 5.02 Å². The van der Waals surface area contributed by atoms with Gasteiger partial charge in [-0.05, 0) is 6.07 Å². The lowest BCUT2D eigenvalue weighted by molar-refractivity contribution is 0.0685. The largest absolute Gasteiger partial charge is 0.477 e. The third-order valence-corrected chi connectivity index (χ3v) is 2.51. The van der Waals surface area contributed by atoms with E-state index < -0.39 is 5.97 Å². The minimum absolute atomic E-state index is 0.172. The molecular formula is C10H11ClN4O2. The summed E-state index contributed by atoms with van der Waals surface area (Å²) in [4.78, 5) is 15.0. The molecule has 0 saturated heterocycles. The van der Waals surface area contributed by atoms with Crippen LogP contribution in [0.2, 0.25) is 5.02 Å². The first kappa shape index (κ1) is 11.7. The van der Waals surface area contributed by atoms with E-state index in [1.165, 1.54) is 6.07 Å². The van der Waals surface area contributed by atoms with Crippen molar-refractivity contribution in [3.63, 3.8) is 0 Å². The summed E-state index contributed by atoms with van der Waals surface area (Å²) in [5.41, 5.74) is 0.172. The number of carboxylic acid groups (broad SMARTS) is 1. The average molecular weight is 255 g/mol. The van der Waals surface area contributed by atoms with Gasteiger partial charge in [0, 0.05) is 26.2 Å². The first-order valence-corrected chi connectivity index (χ1v) is 5.37. The van der Waals surface area contributed by atoms with Crippen LogP contribution in [0.1, 0.15) is 16.3 Å². The van der Waals surface area contributed by atoms with E-state index in [4.69, 9.17) is 16.7 Å². The Morgan fingerprint density at radius 3 is 2.94 bits per heavy atom. The number of nitrogens with zero attached hydrogens (tertiary/aromatic N) is 4. The predicted octanol–water partition coefficient (Wildman–Crippen LogP) is 1.21. The maximum Gasteiger partial charge on any atom is 0.352 e. The van der Waals surface area contributed by atoms with Gasteiger partial charge in [0.25, 0.3) is 0 Å². The molecule has 0 aliphatic rings. The van der Waals surface area contributed by atoms with Crippen molar-refractivity contribution in [1.29, 1.82) is 0 Å². The second-order valence-corrected chi connectivity index (χ2v) is 4.06. The number of hydrogen-bond donors (Lipinski definition) is 1. The van der Waals surface area contributed by atoms with Gasteiger partial charge in [0.1, 0.15) is 12.0 Å². The van der Waals surface area contributed by atoms with Crippen LogP contribution >= 0.6 is 11.6 Å². The van der Waals surface area contributed by atoms with Gasteiger partial charge in [0.15, 0.2) is 5.82 Å². The van der Waals surface area contributed by atoms with Crippen molar-refractivity contribution < 1.29 is 9.90 Å². The van der Waals surface area contributed by atoms with Gasteiger partial charge in [-0.3, -0.25) is 4.68 Å². The molecule has 2 aromatic heterocycles. The number of halogens is 1. The van der Waals surface area contributed by atoms with Crippen LogP contribution in [0, 0.1) is 0 Å². The topological polar surface area (TPSA) is 72.9 Å². The number of rotatable bonds is 4. The van der Waals surface area contributed by atoms with Crippen LogP contribution in [-0.4, -0.2) is 30.4 Å². The Balaban J connectivity index is 2.11. The second-order valence-electron chi connectivity index (χ2n) is 3.63. The van der Waals surface area contributed by atoms with Crippen LogP contribution < -0.4 is 0 Å². The summed E-state index contributed by atoms with van der Waals surface area (Å²) >= 11 is 5.78. The smallest absolute Gasteiger partial charge is 0.352 e. The molecule has 6 nitrogen and oxygen atoms in total. The van der Waals surface area contributed by atoms with Crippen molar-refractivity contribution in [1.82, 2.24) is 19.3 Å². The van der Waals surface area contributed by atoms with Crippen molar-refractivity contribution >= 4 is 17.6 Å². The van der Waals surface area contributed by atoms with Crippen molar-refractivity contribution in [2.24, 2.45) is 7.05 Å². The number of carbonyl (C=O) groups is 1. The first-order valence-electron chi connectivity index (χ1n) is 5.00. The monoisotopic (exact) mass is 254 g/mol. The summed E-state index contributed by atoms with van der Waals surface area (Å²) in [5.74, 6) is -0.320. The molecule has 0 fully saturated rings. The molecule has 0 aliphatic carbocycles. The Morgan fingerprint density at radius 1 is 1.59 bits per heavy atom. The normalized spacial score (nSPS) is 10.7. The van der Waals surface area contributed by atoms with Gasteiger partial charge in [-0.25, -0.2) is 9.78 Å². The highest BCUT2D eigenvalue weighted by molar-refractivity contribution is 6.30. The molecule has 0 aliphatic heterocycles. The minimum atomic E-state index is -0.995. The third-order valence-electron chi connectivity index (χ3n) is 2.31. The molecule has 2 heterocycles. The van der Waals surface area contributed by atoms with E-state index in [2.05, 4.69) is 10.1 Å². The fourth-order valence-corrected chi connectivity index (χ4v) is 1.78. The van der Waals surface area contributed by atoms with Gasteiger partial charge in [-0.15, -0.1) is 0 Å². The van der Waals surface area contributed by atoms with Gasteiger partial charge < -0.3 is 9.67 Å². The number of carboxylic acids is 1. The summed E-state index contributed by atoms with van der Waals surface area (Å²) in [6.07, 6.45) is 3.76. The maximum atomic E-state index is 10.9. The molecule has 1 N–H and O–H groups in total. The van der Waals surface area contributed by atoms with Crippen LogP contribution in [0.25, 0.3) is 0 Å². The van der Waals surface area contributed by atoms with E-state index in [1.807, 2.05) is 0 Å². The third kappa shape index (κ3) is 2.65. The highest BCUT2D eigenvalue weighted by Crippen LogP contribution is 2.14. The summed E-state index contributed by atoms with van der Waals surface area (Å²) in [7, 11) is 1.78. The van der Waals surface area contributed by atoms with E-state index in [0.717, 1.165) is 0 Å². The Kier molecular flexibility index (Phi) is 3.14. The van der Waals surface area contributed by atoms with Crippen LogP contribution in [0.5, 0.6) is 0 Å². The molecule has 2 rings (SSSR count). The minimum Gasteiger partial charge on any atom is -0.477 e. The van der Waals surface area contributed by atoms with Crippen molar-refractivity contribution in [3.05, 3.63) is 35.1 Å². The lowest BCUT2D eigenvalue weighted by Gasteiger charge is -2.03. The highest BCUT2D eigenvalue weighted by Gasteiger charge is 2.12. The molecule has 90 valence electrons. The molecule has 0 amide bonds. The molecule has 0 bridgehead atoms. The Bertz CT molecular complexity index is 546. The quantitative estimate of drug-likeness (QED) is 0.890. The number of aromatic nitrogens is 4. The summed E-state index contributed by atoms with van der Waals surface area (Å²) in [6.45, 7) is 0.484. The number of hydrogen-bond acceptors (Lipinski definition) is 3. The van der Waals surface area contributed by atoms with E-state index in [9.17, 15) is 4.79 Å². The Morgan fingerprint density at radius 2 is 2.35 bits per heavy atom. The molecule has 7 heteroatoms. The molecule has 0 spiro atoms. The van der Waals surface area contributed by atoms with Crippen molar-refractivity contribution in [2.75, 3.05) is 0 Å². The molecule has 2 aromatic rings. The van der Waals surface area contributed by atoms with Crippen LogP contribution in [0.3, 0.4) is 0 Å². The average Bonchev–Trinajstić information content (AvgIpc) is 2.82. The zero-order valence-corrected chi connectivity index (χ0v) is 9.92. The van der Waals surface area contributed by atoms with Crippen LogP contribution in [0.15, 0.2) is 18.6 Å². The van der Waals surface area contributed by atoms with Crippen LogP contribution in [-0.2, 0) is 20.0 Å². The maximum absolute atomic E-state index is 10.9. The van der Waals surface area contributed by atoms with Gasteiger partial charge in [-0.1, -0.05) is 11.6 Å². The van der Waals surface area contributed by atoms with Crippen molar-refractivity contribution in [2.45, 2.75) is 13.0 Å². The predicted molar refractivity (Wildman–Crippen MR) is 61.1 cm³/mol. The first-order chi connectivity index (χ1) is 8.06. The van der Waals surface area contributed by atoms with Gasteiger partial charge in [0.2, 0.25) is 0 Å². The zero-order valence-electron chi connectivity index (χ0n) is 9.17. The lowest BCUT2D eigenvalue weighted by Crippen LogP contribution is -2.09. The van der Waals surface area contributed by atoms with E-state index in [-0.39, 0.29) is 5.69 Å². The molecular weight excluding hydrogens is 244 g/mol. The lowest BCUT2D eigenvalue weighted by atomic mass is 10.4. The Hall–Kier alpha value is -1.82. The fourth-order valence-electron chi connectivity index (χ4n) is 1.56. The van der Waals surface area contributed by atoms with E-state index >= 15 is 0 Å². The number of aryl methyl sites for hydroxylation is 3. The zero-order chi connectivity index (χ0) is 12.4. The van der Waals surface area contributed by atoms with Crippen LogP contribution in [0.4, 0.5) is 0 Å². The van der Waals surface area contributed by atoms with Gasteiger partial charge >= 0.3 is 5.97 Å². The highest BCUT2D eigenvalue weighted by atomic mass is 35.5. The molecule has 0 saturated carbocycles. The summed E-state index contributed by atoms with van der Waals surface area (Å²) in [5, 5.41) is 13.5.